The van der Waals surface area contributed by atoms with Crippen LogP contribution in [0.3, 0.4) is 0 Å². The molecule has 2 aromatic heterocycles. The smallest absolute Gasteiger partial charge is 0.257 e. The topological polar surface area (TPSA) is 115 Å². The molecular weight excluding hydrogens is 534 g/mol. The Labute approximate surface area is 243 Å². The maximum Gasteiger partial charge on any atom is 0.257 e. The number of furan rings is 1. The fraction of sp³-hybridized carbons (Fsp3) is 0.333. The zero-order chi connectivity index (χ0) is 29.1. The van der Waals surface area contributed by atoms with Crippen molar-refractivity contribution in [2.24, 2.45) is 0 Å². The normalized spacial score (nSPS) is 16.2. The van der Waals surface area contributed by atoms with Gasteiger partial charge in [0.05, 0.1) is 31.5 Å². The van der Waals surface area contributed by atoms with Crippen LogP contribution in [0.15, 0.2) is 59.1 Å². The molecule has 9 heteroatoms. The Hall–Kier alpha value is -4.68. The average Bonchev–Trinajstić information content (AvgIpc) is 3.36. The highest BCUT2D eigenvalue weighted by Crippen LogP contribution is 2.37. The van der Waals surface area contributed by atoms with Gasteiger partial charge < -0.3 is 23.5 Å². The monoisotopic (exact) mass is 565 g/mol. The third-order valence-electron chi connectivity index (χ3n) is 7.83. The summed E-state index contributed by atoms with van der Waals surface area (Å²) >= 11 is 0. The van der Waals surface area contributed by atoms with E-state index in [1.165, 1.54) is 7.11 Å². The predicted molar refractivity (Wildman–Crippen MR) is 155 cm³/mol. The summed E-state index contributed by atoms with van der Waals surface area (Å²) in [5.74, 6) is 1.60. The molecule has 0 N–H and O–H groups in total. The molecule has 0 unspecified atom stereocenters. The summed E-state index contributed by atoms with van der Waals surface area (Å²) < 4.78 is 23.5. The lowest BCUT2D eigenvalue weighted by atomic mass is 10.0. The van der Waals surface area contributed by atoms with Gasteiger partial charge in [0.1, 0.15) is 40.7 Å². The Kier molecular flexibility index (Phi) is 7.89. The minimum atomic E-state index is -0.154. The Balaban J connectivity index is 1.29. The molecule has 2 aliphatic heterocycles. The van der Waals surface area contributed by atoms with Crippen molar-refractivity contribution in [1.82, 2.24) is 9.88 Å². The molecule has 4 aromatic rings. The van der Waals surface area contributed by atoms with E-state index < -0.39 is 0 Å². The number of ketones is 1. The number of Topliss-reactive ketones (excluding diaryl/α,β-unsaturated/α-hetero) is 1. The summed E-state index contributed by atoms with van der Waals surface area (Å²) in [6.07, 6.45) is 4.89. The fourth-order valence-corrected chi connectivity index (χ4v) is 5.53. The first kappa shape index (κ1) is 27.5. The minimum absolute atomic E-state index is 0.0317. The number of aromatic nitrogens is 1. The predicted octanol–water partition coefficient (Wildman–Crippen LogP) is 5.80. The maximum atomic E-state index is 13.3. The van der Waals surface area contributed by atoms with Crippen LogP contribution in [0.5, 0.6) is 11.5 Å². The lowest BCUT2D eigenvalue weighted by molar-refractivity contribution is -0.118. The van der Waals surface area contributed by atoms with Gasteiger partial charge in [0, 0.05) is 62.2 Å². The first-order valence-corrected chi connectivity index (χ1v) is 14.2. The molecule has 1 amide bonds. The van der Waals surface area contributed by atoms with E-state index in [0.29, 0.717) is 85.1 Å². The number of nitriles is 1. The van der Waals surface area contributed by atoms with E-state index in [9.17, 15) is 14.9 Å². The fourth-order valence-electron chi connectivity index (χ4n) is 5.53. The Morgan fingerprint density at radius 3 is 2.67 bits per heavy atom. The molecule has 214 valence electrons. The van der Waals surface area contributed by atoms with Crippen molar-refractivity contribution in [3.8, 4) is 40.0 Å². The van der Waals surface area contributed by atoms with Gasteiger partial charge >= 0.3 is 0 Å². The van der Waals surface area contributed by atoms with Crippen LogP contribution in [-0.2, 0) is 9.53 Å². The van der Waals surface area contributed by atoms with Crippen molar-refractivity contribution >= 4 is 22.8 Å². The number of likely N-dealkylation sites (tertiary alicyclic amines) is 1. The Morgan fingerprint density at radius 2 is 1.86 bits per heavy atom. The SMILES string of the molecule is COc1cc(-c2cc3nccc(-c4ccc(OC5CCOCC5)c(C#N)c4)c3o2)ccc1C(=O)N1CCCC(=O)CC1. The number of fused-ring (bicyclic) bond motifs is 1. The number of pyridine rings is 1. The molecule has 42 heavy (non-hydrogen) atoms. The number of carbonyl (C=O) groups is 2. The molecule has 0 bridgehead atoms. The Morgan fingerprint density at radius 1 is 1.02 bits per heavy atom. The lowest BCUT2D eigenvalue weighted by Gasteiger charge is -2.23. The van der Waals surface area contributed by atoms with Crippen LogP contribution in [0.1, 0.15) is 48.0 Å². The van der Waals surface area contributed by atoms with Gasteiger partial charge in [-0.3, -0.25) is 14.6 Å². The average molecular weight is 566 g/mol. The van der Waals surface area contributed by atoms with Crippen LogP contribution in [0.25, 0.3) is 33.6 Å². The molecule has 2 aromatic carbocycles. The van der Waals surface area contributed by atoms with Crippen molar-refractivity contribution in [3.05, 3.63) is 65.9 Å². The van der Waals surface area contributed by atoms with E-state index in [1.807, 2.05) is 36.4 Å². The molecule has 2 saturated heterocycles. The lowest BCUT2D eigenvalue weighted by Crippen LogP contribution is -2.32. The van der Waals surface area contributed by atoms with Gasteiger partial charge in [0.2, 0.25) is 0 Å². The first-order valence-electron chi connectivity index (χ1n) is 14.2. The minimum Gasteiger partial charge on any atom is -0.496 e. The summed E-state index contributed by atoms with van der Waals surface area (Å²) in [5.41, 5.74) is 4.49. The van der Waals surface area contributed by atoms with E-state index in [1.54, 1.807) is 23.2 Å². The van der Waals surface area contributed by atoms with E-state index in [-0.39, 0.29) is 17.8 Å². The molecule has 4 heterocycles. The molecule has 0 radical (unpaired) electrons. The molecule has 0 saturated carbocycles. The molecule has 2 fully saturated rings. The van der Waals surface area contributed by atoms with Gasteiger partial charge in [-0.15, -0.1) is 0 Å². The second-order valence-electron chi connectivity index (χ2n) is 10.5. The summed E-state index contributed by atoms with van der Waals surface area (Å²) in [5, 5.41) is 9.86. The van der Waals surface area contributed by atoms with Crippen LogP contribution in [0.2, 0.25) is 0 Å². The molecule has 2 aliphatic rings. The number of nitrogens with zero attached hydrogens (tertiary/aromatic N) is 3. The standard InChI is InChI=1S/C33H31N3O6/c1-39-31-18-22(4-6-27(31)33(38)36-13-2-3-24(37)9-14-36)30-19-28-32(42-30)26(8-12-35-28)21-5-7-29(23(17-21)20-34)41-25-10-15-40-16-11-25/h4-8,12,17-19,25H,2-3,9-11,13-16H2,1H3. The number of methoxy groups -OCH3 is 1. The summed E-state index contributed by atoms with van der Waals surface area (Å²) in [6.45, 7) is 2.28. The van der Waals surface area contributed by atoms with Gasteiger partial charge in [-0.2, -0.15) is 5.26 Å². The van der Waals surface area contributed by atoms with Gasteiger partial charge in [0.15, 0.2) is 5.58 Å². The summed E-state index contributed by atoms with van der Waals surface area (Å²) in [6, 6.07) is 16.9. The van der Waals surface area contributed by atoms with Gasteiger partial charge in [-0.1, -0.05) is 12.1 Å². The van der Waals surface area contributed by atoms with Gasteiger partial charge in [-0.25, -0.2) is 0 Å². The number of rotatable bonds is 6. The number of carbonyl (C=O) groups excluding carboxylic acids is 2. The molecular formula is C33H31N3O6. The van der Waals surface area contributed by atoms with Crippen molar-refractivity contribution in [2.75, 3.05) is 33.4 Å². The van der Waals surface area contributed by atoms with E-state index in [4.69, 9.17) is 18.6 Å². The quantitative estimate of drug-likeness (QED) is 0.288. The van der Waals surface area contributed by atoms with E-state index >= 15 is 0 Å². The van der Waals surface area contributed by atoms with Crippen molar-refractivity contribution < 1.29 is 28.2 Å². The summed E-state index contributed by atoms with van der Waals surface area (Å²) in [4.78, 5) is 31.3. The molecule has 9 nitrogen and oxygen atoms in total. The zero-order valence-corrected chi connectivity index (χ0v) is 23.4. The maximum absolute atomic E-state index is 13.3. The highest BCUT2D eigenvalue weighted by Gasteiger charge is 2.24. The van der Waals surface area contributed by atoms with E-state index in [2.05, 4.69) is 11.1 Å². The zero-order valence-electron chi connectivity index (χ0n) is 23.4. The number of amides is 1. The highest BCUT2D eigenvalue weighted by atomic mass is 16.5. The van der Waals surface area contributed by atoms with Crippen LogP contribution in [0.4, 0.5) is 0 Å². The summed E-state index contributed by atoms with van der Waals surface area (Å²) in [7, 11) is 1.53. The van der Waals surface area contributed by atoms with E-state index in [0.717, 1.165) is 29.5 Å². The third kappa shape index (κ3) is 5.58. The van der Waals surface area contributed by atoms with Crippen LogP contribution in [-0.4, -0.2) is 61.1 Å². The molecule has 0 spiro atoms. The van der Waals surface area contributed by atoms with Gasteiger partial charge in [-0.05, 0) is 42.3 Å². The number of hydrogen-bond donors (Lipinski definition) is 0. The molecule has 6 rings (SSSR count). The van der Waals surface area contributed by atoms with Crippen LogP contribution >= 0.6 is 0 Å². The number of hydrogen-bond acceptors (Lipinski definition) is 8. The van der Waals surface area contributed by atoms with Crippen LogP contribution < -0.4 is 9.47 Å². The second-order valence-corrected chi connectivity index (χ2v) is 10.5. The van der Waals surface area contributed by atoms with Crippen molar-refractivity contribution in [3.63, 3.8) is 0 Å². The third-order valence-corrected chi connectivity index (χ3v) is 7.83. The highest BCUT2D eigenvalue weighted by molar-refractivity contribution is 5.98. The molecule has 0 atom stereocenters. The second kappa shape index (κ2) is 12.0. The largest absolute Gasteiger partial charge is 0.496 e. The molecule has 0 aliphatic carbocycles. The van der Waals surface area contributed by atoms with Crippen LogP contribution in [0, 0.1) is 11.3 Å². The first-order chi connectivity index (χ1) is 20.5. The van der Waals surface area contributed by atoms with Crippen molar-refractivity contribution in [1.29, 1.82) is 5.26 Å². The number of benzene rings is 2. The van der Waals surface area contributed by atoms with Gasteiger partial charge in [0.25, 0.3) is 5.91 Å². The number of ether oxygens (including phenoxy) is 3. The van der Waals surface area contributed by atoms with Crippen molar-refractivity contribution in [2.45, 2.75) is 38.2 Å². The Bertz CT molecular complexity index is 1680.